The molecular formula is C29H22FN3O4. The number of pyridine rings is 3. The molecule has 0 atom stereocenters. The number of carbonyl (C=O) groups excluding carboxylic acids is 1. The molecule has 3 aromatic heterocycles. The Labute approximate surface area is 211 Å². The quantitative estimate of drug-likeness (QED) is 0.333. The fourth-order valence-electron chi connectivity index (χ4n) is 4.35. The highest BCUT2D eigenvalue weighted by Gasteiger charge is 2.25. The van der Waals surface area contributed by atoms with E-state index in [4.69, 9.17) is 4.74 Å². The molecule has 5 rings (SSSR count). The monoisotopic (exact) mass is 495 g/mol. The second-order valence-corrected chi connectivity index (χ2v) is 8.42. The molecule has 0 aliphatic carbocycles. The van der Waals surface area contributed by atoms with Crippen molar-refractivity contribution in [2.45, 2.75) is 13.0 Å². The van der Waals surface area contributed by atoms with Crippen LogP contribution in [0.5, 0.6) is 5.75 Å². The smallest absolute Gasteiger partial charge is 0.360 e. The number of rotatable bonds is 6. The summed E-state index contributed by atoms with van der Waals surface area (Å²) in [6.07, 6.45) is 2.94. The lowest BCUT2D eigenvalue weighted by molar-refractivity contribution is 0.0591. The van der Waals surface area contributed by atoms with Crippen LogP contribution in [0.2, 0.25) is 0 Å². The van der Waals surface area contributed by atoms with Crippen molar-refractivity contribution in [3.05, 3.63) is 113 Å². The number of halogens is 1. The number of hydrogen-bond donors (Lipinski definition) is 1. The fourth-order valence-corrected chi connectivity index (χ4v) is 4.35. The molecule has 0 aliphatic heterocycles. The van der Waals surface area contributed by atoms with Crippen molar-refractivity contribution < 1.29 is 19.0 Å². The highest BCUT2D eigenvalue weighted by Crippen LogP contribution is 2.36. The minimum absolute atomic E-state index is 0.130. The molecule has 184 valence electrons. The van der Waals surface area contributed by atoms with E-state index in [9.17, 15) is 19.1 Å². The van der Waals surface area contributed by atoms with Crippen LogP contribution in [0.1, 0.15) is 16.1 Å². The Balaban J connectivity index is 1.87. The molecular weight excluding hydrogens is 473 g/mol. The first-order valence-corrected chi connectivity index (χ1v) is 11.6. The topological polar surface area (TPSA) is 94.3 Å². The second-order valence-electron chi connectivity index (χ2n) is 8.42. The number of aryl methyl sites for hydroxylation is 2. The largest absolute Gasteiger partial charge is 0.505 e. The van der Waals surface area contributed by atoms with E-state index in [0.717, 1.165) is 11.8 Å². The van der Waals surface area contributed by atoms with Gasteiger partial charge in [0.05, 0.1) is 24.5 Å². The Morgan fingerprint density at radius 3 is 2.38 bits per heavy atom. The number of aromatic hydroxyl groups is 1. The first kappa shape index (κ1) is 23.9. The SMILES string of the molecule is COC(=O)c1nc(-c2cncc(F)c2)c2c(cc(-c3ccccc3)c(=O)n2CCc2ccccc2)c1O. The summed E-state index contributed by atoms with van der Waals surface area (Å²) in [5.74, 6) is -1.91. The third-order valence-corrected chi connectivity index (χ3v) is 6.13. The minimum Gasteiger partial charge on any atom is -0.505 e. The molecule has 3 heterocycles. The molecule has 37 heavy (non-hydrogen) atoms. The predicted octanol–water partition coefficient (Wildman–Crippen LogP) is 5.00. The number of benzene rings is 2. The molecule has 0 saturated heterocycles. The Morgan fingerprint density at radius 1 is 1.00 bits per heavy atom. The maximum absolute atomic E-state index is 14.2. The number of aromatic nitrogens is 3. The van der Waals surface area contributed by atoms with Crippen LogP contribution in [-0.4, -0.2) is 32.7 Å². The van der Waals surface area contributed by atoms with E-state index >= 15 is 0 Å². The maximum atomic E-state index is 14.2. The lowest BCUT2D eigenvalue weighted by Crippen LogP contribution is -2.24. The van der Waals surface area contributed by atoms with Gasteiger partial charge in [0.1, 0.15) is 5.82 Å². The number of hydrogen-bond acceptors (Lipinski definition) is 6. The zero-order valence-corrected chi connectivity index (χ0v) is 19.9. The number of methoxy groups -OCH3 is 1. The summed E-state index contributed by atoms with van der Waals surface area (Å²) in [5, 5.41) is 11.4. The zero-order valence-electron chi connectivity index (χ0n) is 19.9. The van der Waals surface area contributed by atoms with E-state index in [0.29, 0.717) is 17.5 Å². The van der Waals surface area contributed by atoms with E-state index < -0.39 is 17.5 Å². The van der Waals surface area contributed by atoms with E-state index in [-0.39, 0.29) is 40.0 Å². The average Bonchev–Trinajstić information content (AvgIpc) is 2.93. The molecule has 0 bridgehead atoms. The predicted molar refractivity (Wildman–Crippen MR) is 138 cm³/mol. The average molecular weight is 496 g/mol. The van der Waals surface area contributed by atoms with Crippen molar-refractivity contribution in [1.82, 2.24) is 14.5 Å². The molecule has 0 radical (unpaired) electrons. The van der Waals surface area contributed by atoms with Crippen LogP contribution in [0.15, 0.2) is 90.0 Å². The van der Waals surface area contributed by atoms with E-state index in [1.54, 1.807) is 12.1 Å². The van der Waals surface area contributed by atoms with Gasteiger partial charge in [-0.3, -0.25) is 9.78 Å². The van der Waals surface area contributed by atoms with Crippen LogP contribution >= 0.6 is 0 Å². The van der Waals surface area contributed by atoms with Crippen LogP contribution in [0.25, 0.3) is 33.3 Å². The van der Waals surface area contributed by atoms with Gasteiger partial charge in [-0.2, -0.15) is 0 Å². The Morgan fingerprint density at radius 2 is 1.70 bits per heavy atom. The van der Waals surface area contributed by atoms with Crippen LogP contribution in [-0.2, 0) is 17.7 Å². The van der Waals surface area contributed by atoms with Gasteiger partial charge in [0, 0.05) is 29.3 Å². The molecule has 7 nitrogen and oxygen atoms in total. The second kappa shape index (κ2) is 10.0. The molecule has 0 unspecified atom stereocenters. The highest BCUT2D eigenvalue weighted by atomic mass is 19.1. The van der Waals surface area contributed by atoms with Gasteiger partial charge in [-0.1, -0.05) is 60.7 Å². The summed E-state index contributed by atoms with van der Waals surface area (Å²) in [5.41, 5.74) is 1.96. The number of esters is 1. The molecule has 5 aromatic rings. The van der Waals surface area contributed by atoms with E-state index in [1.165, 1.54) is 30.0 Å². The van der Waals surface area contributed by atoms with E-state index in [2.05, 4.69) is 9.97 Å². The third-order valence-electron chi connectivity index (χ3n) is 6.13. The zero-order chi connectivity index (χ0) is 25.9. The summed E-state index contributed by atoms with van der Waals surface area (Å²) < 4.78 is 20.5. The molecule has 1 N–H and O–H groups in total. The van der Waals surface area contributed by atoms with Crippen molar-refractivity contribution in [3.8, 4) is 28.1 Å². The number of fused-ring (bicyclic) bond motifs is 1. The van der Waals surface area contributed by atoms with Crippen molar-refractivity contribution in [2.24, 2.45) is 0 Å². The van der Waals surface area contributed by atoms with Crippen LogP contribution < -0.4 is 5.56 Å². The van der Waals surface area contributed by atoms with Crippen LogP contribution in [0.3, 0.4) is 0 Å². The van der Waals surface area contributed by atoms with Crippen LogP contribution in [0.4, 0.5) is 4.39 Å². The number of ether oxygens (including phenoxy) is 1. The lowest BCUT2D eigenvalue weighted by Gasteiger charge is -2.18. The standard InChI is InChI=1S/C29H22FN3O4/c1-37-29(36)25-27(34)23-15-22(19-10-6-3-7-11-19)28(35)33(13-12-18-8-4-2-5-9-18)26(23)24(32-25)20-14-21(30)17-31-16-20/h2-11,14-17,34H,12-13H2,1H3. The maximum Gasteiger partial charge on any atom is 0.360 e. The first-order chi connectivity index (χ1) is 18.0. The number of carbonyl (C=O) groups is 1. The van der Waals surface area contributed by atoms with E-state index in [1.807, 2.05) is 48.5 Å². The van der Waals surface area contributed by atoms with Gasteiger partial charge in [-0.15, -0.1) is 0 Å². The van der Waals surface area contributed by atoms with Crippen molar-refractivity contribution in [3.63, 3.8) is 0 Å². The number of nitrogens with zero attached hydrogens (tertiary/aromatic N) is 3. The summed E-state index contributed by atoms with van der Waals surface area (Å²) in [7, 11) is 1.17. The van der Waals surface area contributed by atoms with Gasteiger partial charge in [0.15, 0.2) is 11.4 Å². The van der Waals surface area contributed by atoms with Gasteiger partial charge in [-0.25, -0.2) is 14.2 Å². The summed E-state index contributed by atoms with van der Waals surface area (Å²) >= 11 is 0. The van der Waals surface area contributed by atoms with Crippen molar-refractivity contribution in [1.29, 1.82) is 0 Å². The highest BCUT2D eigenvalue weighted by molar-refractivity contribution is 6.04. The third kappa shape index (κ3) is 4.56. The Bertz CT molecular complexity index is 1670. The summed E-state index contributed by atoms with van der Waals surface area (Å²) in [4.78, 5) is 34.7. The normalized spacial score (nSPS) is 11.0. The van der Waals surface area contributed by atoms with Gasteiger partial charge in [0.2, 0.25) is 0 Å². The van der Waals surface area contributed by atoms with Crippen LogP contribution in [0, 0.1) is 5.82 Å². The Kier molecular flexibility index (Phi) is 6.47. The lowest BCUT2D eigenvalue weighted by atomic mass is 10.0. The summed E-state index contributed by atoms with van der Waals surface area (Å²) in [6.45, 7) is 0.244. The van der Waals surface area contributed by atoms with Crippen molar-refractivity contribution >= 4 is 16.9 Å². The molecule has 2 aromatic carbocycles. The molecule has 0 fully saturated rings. The van der Waals surface area contributed by atoms with Gasteiger partial charge >= 0.3 is 5.97 Å². The molecule has 0 aliphatic rings. The fraction of sp³-hybridized carbons (Fsp3) is 0.103. The first-order valence-electron chi connectivity index (χ1n) is 11.6. The molecule has 0 amide bonds. The Hall–Kier alpha value is -4.85. The summed E-state index contributed by atoms with van der Waals surface area (Å²) in [6, 6.07) is 21.4. The van der Waals surface area contributed by atoms with Gasteiger partial charge in [0.25, 0.3) is 5.56 Å². The molecule has 8 heteroatoms. The van der Waals surface area contributed by atoms with Gasteiger partial charge < -0.3 is 14.4 Å². The minimum atomic E-state index is -0.867. The van der Waals surface area contributed by atoms with Gasteiger partial charge in [-0.05, 0) is 29.7 Å². The molecule has 0 saturated carbocycles. The van der Waals surface area contributed by atoms with Crippen molar-refractivity contribution in [2.75, 3.05) is 7.11 Å². The molecule has 0 spiro atoms.